The van der Waals surface area contributed by atoms with Gasteiger partial charge in [-0.25, -0.2) is 0 Å². The first-order chi connectivity index (χ1) is 7.82. The number of benzene rings is 1. The highest BCUT2D eigenvalue weighted by molar-refractivity contribution is 5.74. The number of carboxylic acid groups (broad SMARTS) is 1. The second-order valence-electron chi connectivity index (χ2n) is 4.55. The van der Waals surface area contributed by atoms with E-state index in [1.165, 1.54) is 11.1 Å². The zero-order valence-corrected chi connectivity index (χ0v) is 10.8. The van der Waals surface area contributed by atoms with Crippen LogP contribution >= 0.6 is 0 Å². The largest absolute Gasteiger partial charge is 0.480 e. The van der Waals surface area contributed by atoms with Gasteiger partial charge in [0.2, 0.25) is 0 Å². The van der Waals surface area contributed by atoms with E-state index in [9.17, 15) is 4.79 Å². The van der Waals surface area contributed by atoms with Crippen LogP contribution in [-0.2, 0) is 4.79 Å². The summed E-state index contributed by atoms with van der Waals surface area (Å²) in [6.07, 6.45) is 0. The summed E-state index contributed by atoms with van der Waals surface area (Å²) in [5, 5.41) is 8.79. The highest BCUT2D eigenvalue weighted by Crippen LogP contribution is 2.23. The van der Waals surface area contributed by atoms with Gasteiger partial charge in [0.25, 0.3) is 0 Å². The third-order valence-corrected chi connectivity index (χ3v) is 3.01. The van der Waals surface area contributed by atoms with Crippen molar-refractivity contribution in [2.75, 3.05) is 18.5 Å². The van der Waals surface area contributed by atoms with Crippen LogP contribution in [0.2, 0.25) is 0 Å². The molecule has 17 heavy (non-hydrogen) atoms. The van der Waals surface area contributed by atoms with Gasteiger partial charge in [-0.3, -0.25) is 4.79 Å². The normalized spacial score (nSPS) is 12.3. The van der Waals surface area contributed by atoms with Crippen LogP contribution in [0.25, 0.3) is 0 Å². The fourth-order valence-electron chi connectivity index (χ4n) is 1.83. The summed E-state index contributed by atoms with van der Waals surface area (Å²) in [5.74, 6) is -0.974. The minimum Gasteiger partial charge on any atom is -0.480 e. The van der Waals surface area contributed by atoms with Crippen LogP contribution in [-0.4, -0.2) is 30.7 Å². The molecule has 0 aliphatic carbocycles. The van der Waals surface area contributed by atoms with Crippen LogP contribution in [0.1, 0.15) is 16.7 Å². The van der Waals surface area contributed by atoms with Crippen molar-refractivity contribution in [3.05, 3.63) is 28.8 Å². The summed E-state index contributed by atoms with van der Waals surface area (Å²) in [5.41, 5.74) is 10.1. The highest BCUT2D eigenvalue weighted by Gasteiger charge is 2.15. The number of rotatable bonds is 4. The van der Waals surface area contributed by atoms with Gasteiger partial charge in [0, 0.05) is 19.3 Å². The number of hydrogen-bond acceptors (Lipinski definition) is 3. The average Bonchev–Trinajstić information content (AvgIpc) is 2.22. The highest BCUT2D eigenvalue weighted by atomic mass is 16.4. The summed E-state index contributed by atoms with van der Waals surface area (Å²) in [7, 11) is 1.86. The topological polar surface area (TPSA) is 66.6 Å². The van der Waals surface area contributed by atoms with Gasteiger partial charge < -0.3 is 15.7 Å². The van der Waals surface area contributed by atoms with Crippen LogP contribution in [0.3, 0.4) is 0 Å². The maximum Gasteiger partial charge on any atom is 0.322 e. The summed E-state index contributed by atoms with van der Waals surface area (Å²) in [6.45, 7) is 6.43. The van der Waals surface area contributed by atoms with E-state index < -0.39 is 12.0 Å². The van der Waals surface area contributed by atoms with E-state index in [2.05, 4.69) is 19.1 Å². The lowest BCUT2D eigenvalue weighted by Crippen LogP contribution is -2.41. The number of carboxylic acids is 1. The van der Waals surface area contributed by atoms with Crippen molar-refractivity contribution in [3.8, 4) is 0 Å². The fraction of sp³-hybridized carbons (Fsp3) is 0.462. The molecule has 1 rings (SSSR count). The molecule has 4 heteroatoms. The second kappa shape index (κ2) is 5.19. The van der Waals surface area contributed by atoms with Crippen LogP contribution < -0.4 is 10.6 Å². The predicted octanol–water partition coefficient (Wildman–Crippen LogP) is 1.46. The Hall–Kier alpha value is -1.55. The Morgan fingerprint density at radius 2 is 1.82 bits per heavy atom. The number of nitrogens with two attached hydrogens (primary N) is 1. The summed E-state index contributed by atoms with van der Waals surface area (Å²) in [4.78, 5) is 12.6. The lowest BCUT2D eigenvalue weighted by Gasteiger charge is -2.24. The van der Waals surface area contributed by atoms with Gasteiger partial charge in [0.1, 0.15) is 6.04 Å². The van der Waals surface area contributed by atoms with Crippen molar-refractivity contribution >= 4 is 11.7 Å². The van der Waals surface area contributed by atoms with E-state index in [-0.39, 0.29) is 0 Å². The van der Waals surface area contributed by atoms with Crippen molar-refractivity contribution in [2.24, 2.45) is 5.73 Å². The molecule has 1 aromatic rings. The number of nitrogens with zero attached hydrogens (tertiary/aromatic N) is 1. The van der Waals surface area contributed by atoms with Crippen molar-refractivity contribution in [1.82, 2.24) is 0 Å². The molecular formula is C13H20N2O2. The van der Waals surface area contributed by atoms with Gasteiger partial charge in [-0.2, -0.15) is 0 Å². The zero-order valence-electron chi connectivity index (χ0n) is 10.8. The molecule has 0 aromatic heterocycles. The fourth-order valence-corrected chi connectivity index (χ4v) is 1.83. The van der Waals surface area contributed by atoms with Crippen molar-refractivity contribution in [2.45, 2.75) is 26.8 Å². The van der Waals surface area contributed by atoms with Gasteiger partial charge in [-0.05, 0) is 43.5 Å². The Balaban J connectivity index is 2.92. The lowest BCUT2D eigenvalue weighted by atomic mass is 10.0. The van der Waals surface area contributed by atoms with Crippen molar-refractivity contribution in [1.29, 1.82) is 0 Å². The van der Waals surface area contributed by atoms with Crippen LogP contribution in [0, 0.1) is 20.8 Å². The van der Waals surface area contributed by atoms with Crippen LogP contribution in [0.15, 0.2) is 12.1 Å². The number of aliphatic carboxylic acids is 1. The molecule has 0 saturated carbocycles. The van der Waals surface area contributed by atoms with Gasteiger partial charge in [0.05, 0.1) is 0 Å². The van der Waals surface area contributed by atoms with Crippen molar-refractivity contribution < 1.29 is 9.90 Å². The van der Waals surface area contributed by atoms with E-state index in [1.807, 2.05) is 25.8 Å². The van der Waals surface area contributed by atoms with Crippen LogP contribution in [0.4, 0.5) is 5.69 Å². The monoisotopic (exact) mass is 236 g/mol. The zero-order chi connectivity index (χ0) is 13.2. The van der Waals surface area contributed by atoms with Crippen molar-refractivity contribution in [3.63, 3.8) is 0 Å². The molecule has 0 aliphatic rings. The van der Waals surface area contributed by atoms with Crippen LogP contribution in [0.5, 0.6) is 0 Å². The molecule has 0 amide bonds. The first-order valence-corrected chi connectivity index (χ1v) is 5.60. The Kier molecular flexibility index (Phi) is 4.12. The molecule has 1 aromatic carbocycles. The minimum absolute atomic E-state index is 0.304. The van der Waals surface area contributed by atoms with Gasteiger partial charge >= 0.3 is 5.97 Å². The van der Waals surface area contributed by atoms with E-state index >= 15 is 0 Å². The predicted molar refractivity (Wildman–Crippen MR) is 69.5 cm³/mol. The van der Waals surface area contributed by atoms with Gasteiger partial charge in [-0.1, -0.05) is 6.07 Å². The number of anilines is 1. The number of carbonyl (C=O) groups is 1. The quantitative estimate of drug-likeness (QED) is 0.830. The van der Waals surface area contributed by atoms with E-state index in [0.29, 0.717) is 6.54 Å². The first-order valence-electron chi connectivity index (χ1n) is 5.60. The Bertz CT molecular complexity index is 430. The molecule has 0 aliphatic heterocycles. The molecule has 0 spiro atoms. The second-order valence-corrected chi connectivity index (χ2v) is 4.55. The minimum atomic E-state index is -0.974. The molecular weight excluding hydrogens is 216 g/mol. The van der Waals surface area contributed by atoms with E-state index in [0.717, 1.165) is 11.3 Å². The first kappa shape index (κ1) is 13.5. The molecule has 0 heterocycles. The van der Waals surface area contributed by atoms with E-state index in [1.54, 1.807) is 0 Å². The van der Waals surface area contributed by atoms with Gasteiger partial charge in [0.15, 0.2) is 0 Å². The molecule has 3 N–H and O–H groups in total. The summed E-state index contributed by atoms with van der Waals surface area (Å²) >= 11 is 0. The van der Waals surface area contributed by atoms with Gasteiger partial charge in [-0.15, -0.1) is 0 Å². The molecule has 0 saturated heterocycles. The Labute approximate surface area is 102 Å². The number of aryl methyl sites for hydroxylation is 3. The summed E-state index contributed by atoms with van der Waals surface area (Å²) < 4.78 is 0. The third kappa shape index (κ3) is 3.20. The number of likely N-dealkylation sites (N-methyl/N-ethyl adjacent to an activating group) is 1. The Morgan fingerprint density at radius 3 is 2.35 bits per heavy atom. The molecule has 0 fully saturated rings. The molecule has 1 atom stereocenters. The maximum absolute atomic E-state index is 10.7. The molecule has 0 radical (unpaired) electrons. The van der Waals surface area contributed by atoms with E-state index in [4.69, 9.17) is 10.8 Å². The standard InChI is InChI=1S/C13H20N2O2/c1-8-5-10(3)12(6-9(8)2)15(4)7-11(14)13(16)17/h5-6,11H,7,14H2,1-4H3,(H,16,17). The smallest absolute Gasteiger partial charge is 0.322 e. The third-order valence-electron chi connectivity index (χ3n) is 3.01. The molecule has 4 nitrogen and oxygen atoms in total. The molecule has 0 bridgehead atoms. The maximum atomic E-state index is 10.7. The number of hydrogen-bond donors (Lipinski definition) is 2. The lowest BCUT2D eigenvalue weighted by molar-refractivity contribution is -0.138. The average molecular weight is 236 g/mol. The Morgan fingerprint density at radius 1 is 1.29 bits per heavy atom. The SMILES string of the molecule is Cc1cc(C)c(N(C)CC(N)C(=O)O)cc1C. The molecule has 94 valence electrons. The summed E-state index contributed by atoms with van der Waals surface area (Å²) in [6, 6.07) is 3.31. The molecule has 1 unspecified atom stereocenters.